The van der Waals surface area contributed by atoms with Crippen molar-refractivity contribution >= 4 is 33.2 Å². The molecule has 0 radical (unpaired) electrons. The minimum absolute atomic E-state index is 0.0259. The first-order valence-corrected chi connectivity index (χ1v) is 11.6. The fourth-order valence-electron chi connectivity index (χ4n) is 3.30. The highest BCUT2D eigenvalue weighted by Crippen LogP contribution is 2.29. The van der Waals surface area contributed by atoms with Crippen molar-refractivity contribution in [2.75, 3.05) is 26.2 Å². The van der Waals surface area contributed by atoms with Crippen molar-refractivity contribution < 1.29 is 18.1 Å². The monoisotopic (exact) mass is 445 g/mol. The standard InChI is InChI=1S/C19H28ClN3O5S/c1-14(2)13-22(11-8-19(24)21-9-6-15(3)7-10-21)29(27,28)16-4-5-17(20)18(12-16)23(25)26/h4-5,12,14-15H,6-11,13H2,1-3H3. The number of nitrogens with zero attached hydrogens (tertiary/aromatic N) is 3. The molecule has 0 N–H and O–H groups in total. The summed E-state index contributed by atoms with van der Waals surface area (Å²) in [5.41, 5.74) is -0.462. The number of hydrogen-bond acceptors (Lipinski definition) is 5. The number of carbonyl (C=O) groups is 1. The molecular weight excluding hydrogens is 418 g/mol. The fourth-order valence-corrected chi connectivity index (χ4v) is 5.11. The molecule has 1 aromatic rings. The number of piperidine rings is 1. The highest BCUT2D eigenvalue weighted by Gasteiger charge is 2.29. The molecule has 2 rings (SSSR count). The van der Waals surface area contributed by atoms with Crippen molar-refractivity contribution in [1.29, 1.82) is 0 Å². The van der Waals surface area contributed by atoms with Crippen LogP contribution in [-0.2, 0) is 14.8 Å². The van der Waals surface area contributed by atoms with Crippen molar-refractivity contribution in [2.24, 2.45) is 11.8 Å². The van der Waals surface area contributed by atoms with Crippen LogP contribution in [0.3, 0.4) is 0 Å². The molecule has 8 nitrogen and oxygen atoms in total. The molecular formula is C19H28ClN3O5S. The Bertz CT molecular complexity index is 851. The van der Waals surface area contributed by atoms with Gasteiger partial charge in [0.1, 0.15) is 5.02 Å². The van der Waals surface area contributed by atoms with Crippen LogP contribution in [-0.4, -0.2) is 54.6 Å². The van der Waals surface area contributed by atoms with Gasteiger partial charge in [0.05, 0.1) is 9.82 Å². The van der Waals surface area contributed by atoms with Crippen molar-refractivity contribution in [2.45, 2.75) is 44.9 Å². The number of amides is 1. The van der Waals surface area contributed by atoms with E-state index in [1.807, 2.05) is 13.8 Å². The second-order valence-electron chi connectivity index (χ2n) is 7.94. The molecule has 1 amide bonds. The molecule has 0 saturated carbocycles. The summed E-state index contributed by atoms with van der Waals surface area (Å²) in [6.45, 7) is 7.54. The van der Waals surface area contributed by atoms with E-state index in [0.29, 0.717) is 19.0 Å². The SMILES string of the molecule is CC(C)CN(CCC(=O)N1CCC(C)CC1)S(=O)(=O)c1ccc(Cl)c([N+](=O)[O-])c1. The summed E-state index contributed by atoms with van der Waals surface area (Å²) in [7, 11) is -4.00. The zero-order valence-corrected chi connectivity index (χ0v) is 18.6. The molecule has 1 fully saturated rings. The van der Waals surface area contributed by atoms with Crippen molar-refractivity contribution in [3.05, 3.63) is 33.3 Å². The number of sulfonamides is 1. The van der Waals surface area contributed by atoms with E-state index in [4.69, 9.17) is 11.6 Å². The van der Waals surface area contributed by atoms with Crippen molar-refractivity contribution in [1.82, 2.24) is 9.21 Å². The largest absolute Gasteiger partial charge is 0.343 e. The Morgan fingerprint density at radius 3 is 2.52 bits per heavy atom. The van der Waals surface area contributed by atoms with Gasteiger partial charge in [-0.1, -0.05) is 32.4 Å². The number of halogens is 1. The Kier molecular flexibility index (Phi) is 8.02. The quantitative estimate of drug-likeness (QED) is 0.450. The third kappa shape index (κ3) is 6.13. The maximum Gasteiger partial charge on any atom is 0.289 e. The number of likely N-dealkylation sites (tertiary alicyclic amines) is 1. The second-order valence-corrected chi connectivity index (χ2v) is 10.3. The Balaban J connectivity index is 2.19. The van der Waals surface area contributed by atoms with Gasteiger partial charge in [-0.05, 0) is 36.8 Å². The zero-order valence-electron chi connectivity index (χ0n) is 17.0. The van der Waals surface area contributed by atoms with E-state index >= 15 is 0 Å². The van der Waals surface area contributed by atoms with E-state index < -0.39 is 20.6 Å². The number of hydrogen-bond donors (Lipinski definition) is 0. The van der Waals surface area contributed by atoms with Gasteiger partial charge >= 0.3 is 0 Å². The van der Waals surface area contributed by atoms with Crippen LogP contribution in [0.25, 0.3) is 0 Å². The zero-order chi connectivity index (χ0) is 21.8. The highest BCUT2D eigenvalue weighted by molar-refractivity contribution is 7.89. The van der Waals surface area contributed by atoms with Gasteiger partial charge in [-0.2, -0.15) is 4.31 Å². The van der Waals surface area contributed by atoms with E-state index in [1.165, 1.54) is 16.4 Å². The van der Waals surface area contributed by atoms with Gasteiger partial charge in [-0.15, -0.1) is 0 Å². The van der Waals surface area contributed by atoms with E-state index in [2.05, 4.69) is 6.92 Å². The summed E-state index contributed by atoms with van der Waals surface area (Å²) >= 11 is 5.80. The van der Waals surface area contributed by atoms with Crippen molar-refractivity contribution in [3.8, 4) is 0 Å². The molecule has 29 heavy (non-hydrogen) atoms. The predicted molar refractivity (Wildman–Crippen MR) is 111 cm³/mol. The first-order chi connectivity index (χ1) is 13.5. The van der Waals surface area contributed by atoms with E-state index in [-0.39, 0.29) is 41.3 Å². The Morgan fingerprint density at radius 2 is 1.97 bits per heavy atom. The number of benzene rings is 1. The Hall–Kier alpha value is -1.71. The molecule has 1 saturated heterocycles. The fraction of sp³-hybridized carbons (Fsp3) is 0.632. The van der Waals surface area contributed by atoms with Crippen LogP contribution >= 0.6 is 11.6 Å². The molecule has 0 bridgehead atoms. The molecule has 162 valence electrons. The van der Waals surface area contributed by atoms with E-state index in [9.17, 15) is 23.3 Å². The molecule has 1 aromatic carbocycles. The second kappa shape index (κ2) is 9.86. The summed E-state index contributed by atoms with van der Waals surface area (Å²) in [6, 6.07) is 3.44. The molecule has 1 heterocycles. The lowest BCUT2D eigenvalue weighted by Gasteiger charge is -2.31. The molecule has 0 atom stereocenters. The summed E-state index contributed by atoms with van der Waals surface area (Å²) in [6.07, 6.45) is 1.98. The van der Waals surface area contributed by atoms with Gasteiger partial charge in [0.2, 0.25) is 15.9 Å². The van der Waals surface area contributed by atoms with Gasteiger partial charge in [0, 0.05) is 38.7 Å². The van der Waals surface area contributed by atoms with Gasteiger partial charge in [0.15, 0.2) is 0 Å². The van der Waals surface area contributed by atoms with Crippen molar-refractivity contribution in [3.63, 3.8) is 0 Å². The Morgan fingerprint density at radius 1 is 1.34 bits per heavy atom. The van der Waals surface area contributed by atoms with Crippen LogP contribution in [0.4, 0.5) is 5.69 Å². The van der Waals surface area contributed by atoms with Crippen LogP contribution in [0.1, 0.15) is 40.0 Å². The minimum atomic E-state index is -4.00. The first-order valence-electron chi connectivity index (χ1n) is 9.74. The Labute approximate surface area is 177 Å². The van der Waals surface area contributed by atoms with E-state index in [0.717, 1.165) is 18.9 Å². The van der Waals surface area contributed by atoms with Crippen LogP contribution in [0.5, 0.6) is 0 Å². The molecule has 1 aliphatic heterocycles. The van der Waals surface area contributed by atoms with Crippen LogP contribution in [0, 0.1) is 22.0 Å². The lowest BCUT2D eigenvalue weighted by Crippen LogP contribution is -2.41. The van der Waals surface area contributed by atoms with E-state index in [1.54, 1.807) is 4.90 Å². The summed E-state index contributed by atoms with van der Waals surface area (Å²) in [5, 5.41) is 11.0. The average molecular weight is 446 g/mol. The third-order valence-corrected chi connectivity index (χ3v) is 7.21. The number of nitro groups is 1. The molecule has 0 unspecified atom stereocenters. The normalized spacial score (nSPS) is 15.9. The lowest BCUT2D eigenvalue weighted by molar-refractivity contribution is -0.384. The number of rotatable bonds is 8. The number of nitro benzene ring substituents is 1. The maximum atomic E-state index is 13.1. The molecule has 0 aliphatic carbocycles. The smallest absolute Gasteiger partial charge is 0.289 e. The van der Waals surface area contributed by atoms with Gasteiger partial charge in [0.25, 0.3) is 5.69 Å². The van der Waals surface area contributed by atoms with Crippen LogP contribution in [0.2, 0.25) is 5.02 Å². The average Bonchev–Trinajstić information content (AvgIpc) is 2.65. The summed E-state index contributed by atoms with van der Waals surface area (Å²) in [5.74, 6) is 0.554. The summed E-state index contributed by atoms with van der Waals surface area (Å²) in [4.78, 5) is 24.5. The van der Waals surface area contributed by atoms with Crippen LogP contribution in [0.15, 0.2) is 23.1 Å². The van der Waals surface area contributed by atoms with Gasteiger partial charge in [-0.25, -0.2) is 8.42 Å². The molecule has 0 spiro atoms. The third-order valence-electron chi connectivity index (χ3n) is 5.03. The topological polar surface area (TPSA) is 101 Å². The maximum absolute atomic E-state index is 13.1. The summed E-state index contributed by atoms with van der Waals surface area (Å²) < 4.78 is 27.5. The minimum Gasteiger partial charge on any atom is -0.343 e. The molecule has 10 heteroatoms. The number of carbonyl (C=O) groups excluding carboxylic acids is 1. The molecule has 0 aromatic heterocycles. The van der Waals surface area contributed by atoms with Crippen LogP contribution < -0.4 is 0 Å². The predicted octanol–water partition coefficient (Wildman–Crippen LogP) is 3.54. The molecule has 1 aliphatic rings. The highest BCUT2D eigenvalue weighted by atomic mass is 35.5. The van der Waals surface area contributed by atoms with Gasteiger partial charge < -0.3 is 4.90 Å². The van der Waals surface area contributed by atoms with Gasteiger partial charge in [-0.3, -0.25) is 14.9 Å². The lowest BCUT2D eigenvalue weighted by atomic mass is 9.99. The first kappa shape index (κ1) is 23.6.